The Bertz CT molecular complexity index is 1340. The molecule has 0 aliphatic heterocycles. The van der Waals surface area contributed by atoms with E-state index in [1.165, 1.54) is 49.6 Å². The van der Waals surface area contributed by atoms with Gasteiger partial charge in [0, 0.05) is 16.3 Å². The summed E-state index contributed by atoms with van der Waals surface area (Å²) in [6, 6.07) is 32.2. The van der Waals surface area contributed by atoms with Crippen molar-refractivity contribution in [1.29, 1.82) is 0 Å². The zero-order valence-electron chi connectivity index (χ0n) is 16.6. The van der Waals surface area contributed by atoms with Crippen molar-refractivity contribution in [3.63, 3.8) is 0 Å². The minimum atomic E-state index is 0.853. The van der Waals surface area contributed by atoms with Crippen molar-refractivity contribution in [3.05, 3.63) is 114 Å². The first-order chi connectivity index (χ1) is 14.2. The van der Waals surface area contributed by atoms with Crippen molar-refractivity contribution >= 4 is 27.4 Å². The zero-order valence-corrected chi connectivity index (χ0v) is 16.6. The number of aromatic nitrogens is 1. The van der Waals surface area contributed by atoms with Gasteiger partial charge in [-0.15, -0.1) is 0 Å². The van der Waals surface area contributed by atoms with Crippen LogP contribution in [0.2, 0.25) is 0 Å². The van der Waals surface area contributed by atoms with Gasteiger partial charge in [0.15, 0.2) is 0 Å². The topological polar surface area (TPSA) is 15.8 Å². The normalized spacial score (nSPS) is 11.2. The van der Waals surface area contributed by atoms with Crippen molar-refractivity contribution in [2.24, 2.45) is 0 Å². The SMILES string of the molecule is C=C(Cc1ccccc1)c1ccccc1-c1ccc2c([nH]c3ccccc32)c1C. The molecular formula is C28H23N. The van der Waals surface area contributed by atoms with E-state index in [0.717, 1.165) is 12.0 Å². The first-order valence-electron chi connectivity index (χ1n) is 10.0. The summed E-state index contributed by atoms with van der Waals surface area (Å²) < 4.78 is 0. The van der Waals surface area contributed by atoms with Crippen LogP contribution in [-0.2, 0) is 6.42 Å². The summed E-state index contributed by atoms with van der Waals surface area (Å²) >= 11 is 0. The number of fused-ring (bicyclic) bond motifs is 3. The molecule has 1 N–H and O–H groups in total. The van der Waals surface area contributed by atoms with Crippen LogP contribution in [-0.4, -0.2) is 4.98 Å². The third-order valence-corrected chi connectivity index (χ3v) is 5.80. The highest BCUT2D eigenvalue weighted by molar-refractivity contribution is 6.09. The molecule has 0 radical (unpaired) electrons. The van der Waals surface area contributed by atoms with Gasteiger partial charge in [-0.1, -0.05) is 91.5 Å². The molecule has 5 aromatic rings. The van der Waals surface area contributed by atoms with Crippen molar-refractivity contribution in [1.82, 2.24) is 4.98 Å². The predicted octanol–water partition coefficient (Wildman–Crippen LogP) is 7.55. The Morgan fingerprint density at radius 2 is 1.45 bits per heavy atom. The summed E-state index contributed by atoms with van der Waals surface area (Å²) in [6.07, 6.45) is 0.853. The lowest BCUT2D eigenvalue weighted by Gasteiger charge is -2.15. The van der Waals surface area contributed by atoms with E-state index in [1.54, 1.807) is 0 Å². The molecule has 1 aromatic heterocycles. The number of benzene rings is 4. The van der Waals surface area contributed by atoms with Crippen LogP contribution >= 0.6 is 0 Å². The van der Waals surface area contributed by atoms with Gasteiger partial charge in [-0.25, -0.2) is 0 Å². The molecule has 140 valence electrons. The number of allylic oxidation sites excluding steroid dienone is 1. The van der Waals surface area contributed by atoms with Gasteiger partial charge < -0.3 is 4.98 Å². The lowest BCUT2D eigenvalue weighted by Crippen LogP contribution is -1.94. The Labute approximate surface area is 171 Å². The van der Waals surface area contributed by atoms with Crippen LogP contribution in [0.3, 0.4) is 0 Å². The summed E-state index contributed by atoms with van der Waals surface area (Å²) in [4.78, 5) is 3.62. The van der Waals surface area contributed by atoms with E-state index in [2.05, 4.69) is 109 Å². The van der Waals surface area contributed by atoms with E-state index in [-0.39, 0.29) is 0 Å². The Morgan fingerprint density at radius 1 is 0.724 bits per heavy atom. The molecule has 1 heteroatoms. The van der Waals surface area contributed by atoms with Crippen LogP contribution in [0.25, 0.3) is 38.5 Å². The minimum Gasteiger partial charge on any atom is -0.354 e. The number of aryl methyl sites for hydroxylation is 1. The van der Waals surface area contributed by atoms with Gasteiger partial charge in [0.25, 0.3) is 0 Å². The number of hydrogen-bond donors (Lipinski definition) is 1. The number of hydrogen-bond acceptors (Lipinski definition) is 0. The van der Waals surface area contributed by atoms with Crippen molar-refractivity contribution in [2.75, 3.05) is 0 Å². The van der Waals surface area contributed by atoms with Gasteiger partial charge in [-0.3, -0.25) is 0 Å². The molecule has 0 amide bonds. The van der Waals surface area contributed by atoms with Crippen molar-refractivity contribution in [3.8, 4) is 11.1 Å². The third kappa shape index (κ3) is 3.05. The van der Waals surface area contributed by atoms with Crippen LogP contribution in [0.4, 0.5) is 0 Å². The first-order valence-corrected chi connectivity index (χ1v) is 10.0. The van der Waals surface area contributed by atoms with E-state index in [4.69, 9.17) is 0 Å². The average Bonchev–Trinajstić information content (AvgIpc) is 3.15. The second-order valence-corrected chi connectivity index (χ2v) is 7.64. The Morgan fingerprint density at radius 3 is 2.31 bits per heavy atom. The zero-order chi connectivity index (χ0) is 19.8. The first kappa shape index (κ1) is 17.5. The molecule has 0 unspecified atom stereocenters. The quantitative estimate of drug-likeness (QED) is 0.335. The number of nitrogens with one attached hydrogen (secondary N) is 1. The molecule has 1 nitrogen and oxygen atoms in total. The number of H-pyrrole nitrogens is 1. The minimum absolute atomic E-state index is 0.853. The van der Waals surface area contributed by atoms with E-state index in [0.29, 0.717) is 0 Å². The van der Waals surface area contributed by atoms with Crippen molar-refractivity contribution < 1.29 is 0 Å². The molecule has 5 rings (SSSR count). The van der Waals surface area contributed by atoms with Gasteiger partial charge in [0.2, 0.25) is 0 Å². The fraction of sp³-hybridized carbons (Fsp3) is 0.0714. The molecule has 4 aromatic carbocycles. The van der Waals surface area contributed by atoms with Crippen LogP contribution in [0.5, 0.6) is 0 Å². The molecule has 0 fully saturated rings. The predicted molar refractivity (Wildman–Crippen MR) is 125 cm³/mol. The average molecular weight is 373 g/mol. The number of rotatable bonds is 4. The van der Waals surface area contributed by atoms with Crippen LogP contribution in [0, 0.1) is 6.92 Å². The highest BCUT2D eigenvalue weighted by Crippen LogP contribution is 2.36. The Hall–Kier alpha value is -3.58. The summed E-state index contributed by atoms with van der Waals surface area (Å²) in [7, 11) is 0. The highest BCUT2D eigenvalue weighted by atomic mass is 14.7. The molecule has 1 heterocycles. The molecule has 0 spiro atoms. The number of aromatic amines is 1. The fourth-order valence-electron chi connectivity index (χ4n) is 4.31. The van der Waals surface area contributed by atoms with Gasteiger partial charge in [-0.05, 0) is 52.8 Å². The summed E-state index contributed by atoms with van der Waals surface area (Å²) in [5.74, 6) is 0. The summed E-state index contributed by atoms with van der Waals surface area (Å²) in [6.45, 7) is 6.64. The standard InChI is InChI=1S/C28H23N/c1-19(18-21-10-4-3-5-11-21)22-12-6-7-13-24(22)23-16-17-26-25-14-8-9-15-27(25)29-28(26)20(23)2/h3-17,29H,1,18H2,2H3. The second-order valence-electron chi connectivity index (χ2n) is 7.64. The molecule has 0 aliphatic rings. The number of para-hydroxylation sites is 1. The second kappa shape index (κ2) is 7.10. The van der Waals surface area contributed by atoms with Gasteiger partial charge in [0.1, 0.15) is 0 Å². The maximum absolute atomic E-state index is 4.43. The Kier molecular flexibility index (Phi) is 4.29. The van der Waals surface area contributed by atoms with E-state index in [9.17, 15) is 0 Å². The van der Waals surface area contributed by atoms with E-state index in [1.807, 2.05) is 0 Å². The van der Waals surface area contributed by atoms with Crippen LogP contribution < -0.4 is 0 Å². The Balaban J connectivity index is 1.63. The van der Waals surface area contributed by atoms with Gasteiger partial charge in [0.05, 0.1) is 5.52 Å². The molecular weight excluding hydrogens is 350 g/mol. The largest absolute Gasteiger partial charge is 0.354 e. The van der Waals surface area contributed by atoms with E-state index >= 15 is 0 Å². The molecule has 0 aliphatic carbocycles. The lowest BCUT2D eigenvalue weighted by atomic mass is 9.89. The van der Waals surface area contributed by atoms with Gasteiger partial charge >= 0.3 is 0 Å². The molecule has 0 atom stereocenters. The van der Waals surface area contributed by atoms with E-state index < -0.39 is 0 Å². The fourth-order valence-corrected chi connectivity index (χ4v) is 4.31. The maximum Gasteiger partial charge on any atom is 0.0500 e. The smallest absolute Gasteiger partial charge is 0.0500 e. The van der Waals surface area contributed by atoms with Crippen LogP contribution in [0.1, 0.15) is 16.7 Å². The monoisotopic (exact) mass is 373 g/mol. The maximum atomic E-state index is 4.43. The summed E-state index contributed by atoms with van der Waals surface area (Å²) in [5, 5.41) is 2.56. The molecule has 0 saturated heterocycles. The molecule has 0 bridgehead atoms. The molecule has 29 heavy (non-hydrogen) atoms. The van der Waals surface area contributed by atoms with Crippen molar-refractivity contribution in [2.45, 2.75) is 13.3 Å². The summed E-state index contributed by atoms with van der Waals surface area (Å²) in [5.41, 5.74) is 9.82. The lowest BCUT2D eigenvalue weighted by molar-refractivity contribution is 1.29. The van der Waals surface area contributed by atoms with Gasteiger partial charge in [-0.2, -0.15) is 0 Å². The molecule has 0 saturated carbocycles. The third-order valence-electron chi connectivity index (χ3n) is 5.80. The van der Waals surface area contributed by atoms with Crippen LogP contribution in [0.15, 0.2) is 97.6 Å². The highest BCUT2D eigenvalue weighted by Gasteiger charge is 2.14.